The fraction of sp³-hybridized carbons (Fsp3) is 0.425. The van der Waals surface area contributed by atoms with Crippen molar-refractivity contribution >= 4 is 34.6 Å². The number of imidazole rings is 1. The molecule has 12 heteroatoms. The summed E-state index contributed by atoms with van der Waals surface area (Å²) in [5.41, 5.74) is 2.13. The third kappa shape index (κ3) is 12.5. The van der Waals surface area contributed by atoms with Crippen molar-refractivity contribution in [3.63, 3.8) is 0 Å². The number of carbonyl (C=O) groups excluding carboxylic acids is 4. The van der Waals surface area contributed by atoms with Crippen LogP contribution in [0.2, 0.25) is 0 Å². The molecule has 3 aromatic carbocycles. The number of ether oxygens (including phenoxy) is 1. The minimum absolute atomic E-state index is 0.00862. The lowest BCUT2D eigenvalue weighted by Crippen LogP contribution is -2.57. The Hall–Kier alpha value is -5.23. The summed E-state index contributed by atoms with van der Waals surface area (Å²) < 4.78 is 5.47. The molecule has 1 aromatic heterocycles. The van der Waals surface area contributed by atoms with Gasteiger partial charge in [-0.2, -0.15) is 0 Å². The summed E-state index contributed by atoms with van der Waals surface area (Å²) in [5.74, 6) is -1.09. The fourth-order valence-electron chi connectivity index (χ4n) is 5.84. The molecule has 5 atom stereocenters. The van der Waals surface area contributed by atoms with Gasteiger partial charge in [0.05, 0.1) is 30.6 Å². The van der Waals surface area contributed by atoms with E-state index in [9.17, 15) is 24.3 Å². The maximum atomic E-state index is 14.1. The molecule has 0 fully saturated rings. The zero-order valence-corrected chi connectivity index (χ0v) is 30.4. The van der Waals surface area contributed by atoms with Crippen LogP contribution in [0.3, 0.4) is 0 Å². The van der Waals surface area contributed by atoms with Gasteiger partial charge >= 0.3 is 6.09 Å². The molecule has 0 aliphatic carbocycles. The predicted molar refractivity (Wildman–Crippen MR) is 200 cm³/mol. The number of aliphatic hydroxyl groups excluding tert-OH is 1. The molecule has 0 saturated heterocycles. The predicted octanol–water partition coefficient (Wildman–Crippen LogP) is 4.57. The van der Waals surface area contributed by atoms with Crippen molar-refractivity contribution in [2.75, 3.05) is 6.54 Å². The summed E-state index contributed by atoms with van der Waals surface area (Å²) >= 11 is 0. The SMILES string of the molecule is CC[C@H](C)CNC(=O)CC(O)C(CC(C)C)NC(=O)[C@@H](Cc1c[nH]cn1)NC(=O)[C@H](Cc1cccc2ccccc12)NC(=O)OCc1ccccc1. The largest absolute Gasteiger partial charge is 0.445 e. The number of hydrogen-bond donors (Lipinski definition) is 6. The summed E-state index contributed by atoms with van der Waals surface area (Å²) in [6, 6.07) is 19.7. The maximum Gasteiger partial charge on any atom is 0.408 e. The molecule has 4 rings (SSSR count). The van der Waals surface area contributed by atoms with E-state index in [0.29, 0.717) is 24.6 Å². The summed E-state index contributed by atoms with van der Waals surface area (Å²) in [6.07, 6.45) is 2.41. The molecule has 0 bridgehead atoms. The minimum atomic E-state index is -1.16. The highest BCUT2D eigenvalue weighted by Gasteiger charge is 2.32. The molecule has 6 N–H and O–H groups in total. The summed E-state index contributed by atoms with van der Waals surface area (Å²) in [5, 5.41) is 24.4. The number of rotatable bonds is 19. The smallest absolute Gasteiger partial charge is 0.408 e. The van der Waals surface area contributed by atoms with Gasteiger partial charge < -0.3 is 36.1 Å². The van der Waals surface area contributed by atoms with Crippen LogP contribution >= 0.6 is 0 Å². The van der Waals surface area contributed by atoms with Crippen molar-refractivity contribution in [3.05, 3.63) is 102 Å². The van der Waals surface area contributed by atoms with Crippen LogP contribution in [-0.4, -0.2) is 69.7 Å². The van der Waals surface area contributed by atoms with Crippen molar-refractivity contribution < 1.29 is 29.0 Å². The monoisotopic (exact) mass is 712 g/mol. The van der Waals surface area contributed by atoms with E-state index in [0.717, 1.165) is 28.3 Å². The van der Waals surface area contributed by atoms with Crippen molar-refractivity contribution in [2.24, 2.45) is 11.8 Å². The van der Waals surface area contributed by atoms with E-state index in [1.165, 1.54) is 6.33 Å². The molecular weight excluding hydrogens is 660 g/mol. The van der Waals surface area contributed by atoms with Gasteiger partial charge in [0.2, 0.25) is 17.7 Å². The molecule has 12 nitrogen and oxygen atoms in total. The number of benzene rings is 3. The lowest BCUT2D eigenvalue weighted by Gasteiger charge is -2.29. The lowest BCUT2D eigenvalue weighted by atomic mass is 9.96. The Bertz CT molecular complexity index is 1730. The van der Waals surface area contributed by atoms with Crippen LogP contribution in [0.1, 0.15) is 63.8 Å². The third-order valence-electron chi connectivity index (χ3n) is 8.98. The zero-order chi connectivity index (χ0) is 37.5. The van der Waals surface area contributed by atoms with Gasteiger partial charge in [0.1, 0.15) is 18.7 Å². The molecule has 0 spiro atoms. The molecule has 52 heavy (non-hydrogen) atoms. The second-order valence-electron chi connectivity index (χ2n) is 13.8. The lowest BCUT2D eigenvalue weighted by molar-refractivity contribution is -0.131. The van der Waals surface area contributed by atoms with Crippen molar-refractivity contribution in [3.8, 4) is 0 Å². The number of amides is 4. The summed E-state index contributed by atoms with van der Waals surface area (Å²) in [4.78, 5) is 61.0. The Morgan fingerprint density at radius 1 is 0.846 bits per heavy atom. The average molecular weight is 713 g/mol. The number of H-pyrrole nitrogens is 1. The third-order valence-corrected chi connectivity index (χ3v) is 8.98. The van der Waals surface area contributed by atoms with E-state index in [1.807, 2.05) is 100 Å². The number of carbonyl (C=O) groups is 4. The number of aromatic amines is 1. The maximum absolute atomic E-state index is 14.1. The topological polar surface area (TPSA) is 175 Å². The first-order valence-electron chi connectivity index (χ1n) is 18.0. The van der Waals surface area contributed by atoms with Crippen LogP contribution in [0.5, 0.6) is 0 Å². The second kappa shape index (κ2) is 20.0. The van der Waals surface area contributed by atoms with Crippen LogP contribution in [0.25, 0.3) is 10.8 Å². The fourth-order valence-corrected chi connectivity index (χ4v) is 5.84. The van der Waals surface area contributed by atoms with Crippen LogP contribution in [0.15, 0.2) is 85.3 Å². The Labute approximate surface area is 305 Å². The highest BCUT2D eigenvalue weighted by Crippen LogP contribution is 2.20. The van der Waals surface area contributed by atoms with Crippen LogP contribution < -0.4 is 21.3 Å². The molecule has 1 heterocycles. The Morgan fingerprint density at radius 3 is 2.25 bits per heavy atom. The van der Waals surface area contributed by atoms with Gasteiger partial charge in [-0.05, 0) is 40.2 Å². The molecule has 0 radical (unpaired) electrons. The van der Waals surface area contributed by atoms with E-state index in [1.54, 1.807) is 6.20 Å². The van der Waals surface area contributed by atoms with Gasteiger partial charge in [0.25, 0.3) is 0 Å². The van der Waals surface area contributed by atoms with Gasteiger partial charge in [0.15, 0.2) is 0 Å². The number of aliphatic hydroxyl groups is 1. The zero-order valence-electron chi connectivity index (χ0n) is 30.4. The summed E-state index contributed by atoms with van der Waals surface area (Å²) in [6.45, 7) is 8.49. The molecule has 4 amide bonds. The van der Waals surface area contributed by atoms with Gasteiger partial charge in [-0.3, -0.25) is 14.4 Å². The first-order valence-corrected chi connectivity index (χ1v) is 18.0. The highest BCUT2D eigenvalue weighted by molar-refractivity contribution is 5.93. The van der Waals surface area contributed by atoms with E-state index in [4.69, 9.17) is 4.74 Å². The van der Waals surface area contributed by atoms with Crippen molar-refractivity contribution in [1.82, 2.24) is 31.2 Å². The van der Waals surface area contributed by atoms with E-state index in [2.05, 4.69) is 31.2 Å². The van der Waals surface area contributed by atoms with Gasteiger partial charge in [-0.25, -0.2) is 9.78 Å². The average Bonchev–Trinajstić information content (AvgIpc) is 3.65. The number of aromatic nitrogens is 2. The quantitative estimate of drug-likeness (QED) is 0.0826. The number of nitrogens with one attached hydrogen (secondary N) is 5. The molecule has 2 unspecified atom stereocenters. The Morgan fingerprint density at radius 2 is 1.54 bits per heavy atom. The standard InChI is InChI=1S/C40H52N6O6/c1-5-27(4)22-42-37(48)21-36(47)33(18-26(2)3)44-39(50)35(20-31-23-41-25-43-31)45-38(49)34(46-40(51)52-24-28-12-7-6-8-13-28)19-30-16-11-15-29-14-9-10-17-32(29)30/h6-17,23,25-27,33-36,47H,5,18-22,24H2,1-4H3,(H,41,43)(H,42,48)(H,44,50)(H,45,49)(H,46,51)/t27-,33?,34-,35+,36?/m0/s1. The number of hydrogen-bond acceptors (Lipinski definition) is 7. The van der Waals surface area contributed by atoms with Crippen LogP contribution in [0, 0.1) is 11.8 Å². The Kier molecular flexibility index (Phi) is 15.2. The number of alkyl carbamates (subject to hydrolysis) is 1. The van der Waals surface area contributed by atoms with Gasteiger partial charge in [-0.15, -0.1) is 0 Å². The van der Waals surface area contributed by atoms with Crippen molar-refractivity contribution in [2.45, 2.75) is 90.6 Å². The second-order valence-corrected chi connectivity index (χ2v) is 13.8. The van der Waals surface area contributed by atoms with E-state index in [-0.39, 0.29) is 37.7 Å². The molecular formula is C40H52N6O6. The molecule has 0 saturated carbocycles. The summed E-state index contributed by atoms with van der Waals surface area (Å²) in [7, 11) is 0. The van der Waals surface area contributed by atoms with E-state index < -0.39 is 42.1 Å². The normalized spacial score (nSPS) is 14.1. The number of fused-ring (bicyclic) bond motifs is 1. The highest BCUT2D eigenvalue weighted by atomic mass is 16.5. The Balaban J connectivity index is 1.54. The minimum Gasteiger partial charge on any atom is -0.445 e. The molecule has 278 valence electrons. The molecule has 0 aliphatic rings. The first-order chi connectivity index (χ1) is 25.0. The molecule has 4 aromatic rings. The van der Waals surface area contributed by atoms with Gasteiger partial charge in [-0.1, -0.05) is 107 Å². The van der Waals surface area contributed by atoms with E-state index >= 15 is 0 Å². The van der Waals surface area contributed by atoms with Crippen LogP contribution in [-0.2, 0) is 38.6 Å². The van der Waals surface area contributed by atoms with Crippen molar-refractivity contribution in [1.29, 1.82) is 0 Å². The number of nitrogens with zero attached hydrogens (tertiary/aromatic N) is 1. The van der Waals surface area contributed by atoms with Gasteiger partial charge in [0, 0.05) is 25.6 Å². The van der Waals surface area contributed by atoms with Crippen LogP contribution in [0.4, 0.5) is 4.79 Å². The first kappa shape index (κ1) is 39.6. The molecule has 0 aliphatic heterocycles.